The molecule has 2 heterocycles. The van der Waals surface area contributed by atoms with Crippen LogP contribution in [0.4, 0.5) is 0 Å². The monoisotopic (exact) mass is 191 g/mol. The first kappa shape index (κ1) is 9.62. The molecule has 3 heteroatoms. The third-order valence-corrected chi connectivity index (χ3v) is 2.78. The van der Waals surface area contributed by atoms with E-state index in [4.69, 9.17) is 5.73 Å². The lowest BCUT2D eigenvalue weighted by Gasteiger charge is -2.24. The van der Waals surface area contributed by atoms with Crippen LogP contribution in [0.3, 0.4) is 0 Å². The summed E-state index contributed by atoms with van der Waals surface area (Å²) in [5, 5.41) is 0. The quantitative estimate of drug-likeness (QED) is 0.722. The van der Waals surface area contributed by atoms with Gasteiger partial charge in [-0.15, -0.1) is 0 Å². The van der Waals surface area contributed by atoms with E-state index in [0.717, 1.165) is 25.1 Å². The molecule has 1 aliphatic rings. The zero-order valence-corrected chi connectivity index (χ0v) is 8.83. The summed E-state index contributed by atoms with van der Waals surface area (Å²) < 4.78 is 0. The van der Waals surface area contributed by atoms with Gasteiger partial charge in [0.2, 0.25) is 0 Å². The van der Waals surface area contributed by atoms with Crippen LogP contribution in [0.5, 0.6) is 0 Å². The van der Waals surface area contributed by atoms with E-state index in [-0.39, 0.29) is 6.04 Å². The van der Waals surface area contributed by atoms with E-state index in [9.17, 15) is 0 Å². The Morgan fingerprint density at radius 3 is 3.07 bits per heavy atom. The number of nitrogens with two attached hydrogens (primary N) is 1. The number of rotatable bonds is 1. The molecule has 2 N–H and O–H groups in total. The molecule has 1 atom stereocenters. The van der Waals surface area contributed by atoms with Crippen molar-refractivity contribution in [2.75, 3.05) is 13.6 Å². The van der Waals surface area contributed by atoms with Gasteiger partial charge in [-0.3, -0.25) is 4.98 Å². The highest BCUT2D eigenvalue weighted by Gasteiger charge is 2.15. The van der Waals surface area contributed by atoms with Gasteiger partial charge >= 0.3 is 0 Å². The summed E-state index contributed by atoms with van der Waals surface area (Å²) in [6, 6.07) is 2.28. The fourth-order valence-electron chi connectivity index (χ4n) is 1.83. The van der Waals surface area contributed by atoms with Crippen LogP contribution in [0.15, 0.2) is 12.3 Å². The van der Waals surface area contributed by atoms with Crippen molar-refractivity contribution < 1.29 is 0 Å². The molecule has 0 radical (unpaired) electrons. The first-order chi connectivity index (χ1) is 6.66. The van der Waals surface area contributed by atoms with Crippen LogP contribution in [0.25, 0.3) is 0 Å². The van der Waals surface area contributed by atoms with Gasteiger partial charge in [0.15, 0.2) is 0 Å². The number of hydrogen-bond donors (Lipinski definition) is 1. The molecular weight excluding hydrogens is 174 g/mol. The average Bonchev–Trinajstić information content (AvgIpc) is 2.16. The summed E-state index contributed by atoms with van der Waals surface area (Å²) in [5.74, 6) is 0. The van der Waals surface area contributed by atoms with Crippen molar-refractivity contribution in [1.29, 1.82) is 0 Å². The van der Waals surface area contributed by atoms with Gasteiger partial charge in [0, 0.05) is 37.4 Å². The minimum atomic E-state index is 0.0834. The Hall–Kier alpha value is -0.930. The molecule has 0 aliphatic carbocycles. The van der Waals surface area contributed by atoms with Crippen LogP contribution in [0.1, 0.15) is 29.8 Å². The van der Waals surface area contributed by atoms with Gasteiger partial charge in [0.1, 0.15) is 0 Å². The van der Waals surface area contributed by atoms with Gasteiger partial charge in [-0.1, -0.05) is 0 Å². The second kappa shape index (κ2) is 3.67. The van der Waals surface area contributed by atoms with Gasteiger partial charge in [-0.25, -0.2) is 0 Å². The number of aromatic nitrogens is 1. The van der Waals surface area contributed by atoms with Crippen LogP contribution in [-0.4, -0.2) is 23.5 Å². The topological polar surface area (TPSA) is 42.1 Å². The summed E-state index contributed by atoms with van der Waals surface area (Å²) in [5.41, 5.74) is 9.55. The molecule has 1 aromatic rings. The summed E-state index contributed by atoms with van der Waals surface area (Å²) >= 11 is 0. The van der Waals surface area contributed by atoms with Crippen molar-refractivity contribution in [3.63, 3.8) is 0 Å². The molecule has 0 fully saturated rings. The number of hydrogen-bond acceptors (Lipinski definition) is 3. The normalized spacial score (nSPS) is 19.1. The highest BCUT2D eigenvalue weighted by atomic mass is 15.1. The summed E-state index contributed by atoms with van der Waals surface area (Å²) in [6.07, 6.45) is 2.97. The minimum absolute atomic E-state index is 0.0834. The lowest BCUT2D eigenvalue weighted by atomic mass is 10.0. The van der Waals surface area contributed by atoms with E-state index in [1.165, 1.54) is 11.3 Å². The maximum absolute atomic E-state index is 5.83. The number of likely N-dealkylation sites (N-methyl/N-ethyl adjacent to an activating group) is 1. The van der Waals surface area contributed by atoms with Gasteiger partial charge in [0.05, 0.1) is 0 Å². The Kier molecular flexibility index (Phi) is 2.52. The van der Waals surface area contributed by atoms with Crippen LogP contribution < -0.4 is 5.73 Å². The molecule has 0 saturated heterocycles. The van der Waals surface area contributed by atoms with Gasteiger partial charge in [-0.2, -0.15) is 0 Å². The molecule has 3 nitrogen and oxygen atoms in total. The van der Waals surface area contributed by atoms with Crippen molar-refractivity contribution in [2.24, 2.45) is 5.73 Å². The van der Waals surface area contributed by atoms with Gasteiger partial charge in [-0.05, 0) is 31.2 Å². The number of fused-ring (bicyclic) bond motifs is 1. The van der Waals surface area contributed by atoms with Crippen molar-refractivity contribution in [2.45, 2.75) is 25.9 Å². The van der Waals surface area contributed by atoms with E-state index >= 15 is 0 Å². The van der Waals surface area contributed by atoms with E-state index in [1.807, 2.05) is 13.1 Å². The van der Waals surface area contributed by atoms with Crippen molar-refractivity contribution in [3.05, 3.63) is 29.1 Å². The van der Waals surface area contributed by atoms with Crippen LogP contribution in [0, 0.1) is 0 Å². The third-order valence-electron chi connectivity index (χ3n) is 2.78. The molecule has 1 aromatic heterocycles. The fourth-order valence-corrected chi connectivity index (χ4v) is 1.83. The number of pyridine rings is 1. The van der Waals surface area contributed by atoms with Crippen molar-refractivity contribution >= 4 is 0 Å². The maximum atomic E-state index is 5.83. The molecule has 1 unspecified atom stereocenters. The van der Waals surface area contributed by atoms with Crippen molar-refractivity contribution in [3.8, 4) is 0 Å². The summed E-state index contributed by atoms with van der Waals surface area (Å²) in [6.45, 7) is 4.11. The molecule has 1 aliphatic heterocycles. The highest BCUT2D eigenvalue weighted by molar-refractivity contribution is 5.28. The van der Waals surface area contributed by atoms with Crippen LogP contribution >= 0.6 is 0 Å². The molecule has 0 aromatic carbocycles. The largest absolute Gasteiger partial charge is 0.324 e. The fraction of sp³-hybridized carbons (Fsp3) is 0.545. The Morgan fingerprint density at radius 1 is 1.57 bits per heavy atom. The van der Waals surface area contributed by atoms with E-state index in [1.54, 1.807) is 0 Å². The molecule has 14 heavy (non-hydrogen) atoms. The Labute approximate surface area is 84.9 Å². The van der Waals surface area contributed by atoms with Gasteiger partial charge < -0.3 is 10.6 Å². The molecule has 0 bridgehead atoms. The summed E-state index contributed by atoms with van der Waals surface area (Å²) in [4.78, 5) is 6.78. The second-order valence-corrected chi connectivity index (χ2v) is 4.15. The van der Waals surface area contributed by atoms with Crippen LogP contribution in [-0.2, 0) is 13.0 Å². The predicted molar refractivity (Wildman–Crippen MR) is 56.9 cm³/mol. The average molecular weight is 191 g/mol. The molecule has 2 rings (SSSR count). The minimum Gasteiger partial charge on any atom is -0.324 e. The second-order valence-electron chi connectivity index (χ2n) is 4.15. The first-order valence-corrected chi connectivity index (χ1v) is 5.08. The Bertz CT molecular complexity index is 333. The highest BCUT2D eigenvalue weighted by Crippen LogP contribution is 2.19. The van der Waals surface area contributed by atoms with E-state index in [2.05, 4.69) is 23.0 Å². The summed E-state index contributed by atoms with van der Waals surface area (Å²) in [7, 11) is 2.14. The molecule has 0 spiro atoms. The predicted octanol–water partition coefficient (Wildman–Crippen LogP) is 1.09. The third kappa shape index (κ3) is 1.79. The molecule has 76 valence electrons. The lowest BCUT2D eigenvalue weighted by molar-refractivity contribution is 0.309. The molecule has 0 saturated carbocycles. The Balaban J connectivity index is 2.33. The molecule has 0 amide bonds. The van der Waals surface area contributed by atoms with Gasteiger partial charge in [0.25, 0.3) is 0 Å². The molecular formula is C11H17N3. The van der Waals surface area contributed by atoms with E-state index < -0.39 is 0 Å². The van der Waals surface area contributed by atoms with E-state index in [0.29, 0.717) is 0 Å². The number of nitrogens with zero attached hydrogens (tertiary/aromatic N) is 2. The lowest BCUT2D eigenvalue weighted by Crippen LogP contribution is -2.27. The standard InChI is InChI=1S/C11H17N3/c1-8(12)9-5-10-7-14(2)4-3-11(10)13-6-9/h5-6,8H,3-4,7,12H2,1-2H3. The smallest absolute Gasteiger partial charge is 0.0461 e. The van der Waals surface area contributed by atoms with Crippen molar-refractivity contribution in [1.82, 2.24) is 9.88 Å². The first-order valence-electron chi connectivity index (χ1n) is 5.08. The Morgan fingerprint density at radius 2 is 2.36 bits per heavy atom. The SMILES string of the molecule is CC(N)c1cnc2c(c1)CN(C)CC2. The van der Waals surface area contributed by atoms with Crippen LogP contribution in [0.2, 0.25) is 0 Å². The maximum Gasteiger partial charge on any atom is 0.0461 e. The zero-order chi connectivity index (χ0) is 10.1. The zero-order valence-electron chi connectivity index (χ0n) is 8.83.